The Balaban J connectivity index is 1.68. The van der Waals surface area contributed by atoms with Gasteiger partial charge in [0.15, 0.2) is 6.10 Å². The molecule has 0 N–H and O–H groups in total. The monoisotopic (exact) mass is 396 g/mol. The molecule has 2 aromatic carbocycles. The van der Waals surface area contributed by atoms with E-state index in [1.165, 1.54) is 17.9 Å². The van der Waals surface area contributed by atoms with Gasteiger partial charge in [0.1, 0.15) is 0 Å². The molecule has 0 saturated carbocycles. The fourth-order valence-electron chi connectivity index (χ4n) is 3.24. The van der Waals surface area contributed by atoms with Gasteiger partial charge >= 0.3 is 5.97 Å². The molecule has 29 heavy (non-hydrogen) atoms. The zero-order chi connectivity index (χ0) is 21.1. The van der Waals surface area contributed by atoms with E-state index >= 15 is 0 Å². The number of aryl methyl sites for hydroxylation is 1. The second kappa shape index (κ2) is 8.22. The average Bonchev–Trinajstić information content (AvgIpc) is 3.10. The molecule has 2 atom stereocenters. The van der Waals surface area contributed by atoms with Crippen molar-refractivity contribution < 1.29 is 24.0 Å². The van der Waals surface area contributed by atoms with Gasteiger partial charge in [-0.25, -0.2) is 0 Å². The van der Waals surface area contributed by atoms with Crippen molar-refractivity contribution in [2.45, 2.75) is 26.4 Å². The summed E-state index contributed by atoms with van der Waals surface area (Å²) in [5, 5.41) is 11.1. The van der Waals surface area contributed by atoms with Crippen molar-refractivity contribution in [3.8, 4) is 0 Å². The van der Waals surface area contributed by atoms with Gasteiger partial charge in [-0.15, -0.1) is 0 Å². The quantitative estimate of drug-likeness (QED) is 0.321. The molecule has 8 nitrogen and oxygen atoms in total. The van der Waals surface area contributed by atoms with Crippen molar-refractivity contribution >= 4 is 29.0 Å². The molecule has 2 aromatic rings. The van der Waals surface area contributed by atoms with E-state index in [0.717, 1.165) is 0 Å². The van der Waals surface area contributed by atoms with Crippen LogP contribution in [0.4, 0.5) is 11.4 Å². The van der Waals surface area contributed by atoms with Crippen LogP contribution in [0.25, 0.3) is 0 Å². The van der Waals surface area contributed by atoms with Gasteiger partial charge in [0.25, 0.3) is 5.69 Å². The van der Waals surface area contributed by atoms with E-state index < -0.39 is 22.9 Å². The second-order valence-corrected chi connectivity index (χ2v) is 6.94. The number of hydrogen-bond donors (Lipinski definition) is 0. The van der Waals surface area contributed by atoms with Crippen molar-refractivity contribution in [3.63, 3.8) is 0 Å². The van der Waals surface area contributed by atoms with Crippen LogP contribution >= 0.6 is 0 Å². The van der Waals surface area contributed by atoms with Crippen LogP contribution in [0.1, 0.15) is 29.3 Å². The minimum atomic E-state index is -0.977. The fraction of sp³-hybridized carbons (Fsp3) is 0.286. The Morgan fingerprint density at radius 3 is 2.55 bits per heavy atom. The maximum Gasteiger partial charge on any atom is 0.312 e. The summed E-state index contributed by atoms with van der Waals surface area (Å²) in [6.45, 7) is 3.15. The first-order chi connectivity index (χ1) is 13.8. The minimum Gasteiger partial charge on any atom is -0.454 e. The molecule has 1 heterocycles. The summed E-state index contributed by atoms with van der Waals surface area (Å²) in [6, 6.07) is 13.0. The summed E-state index contributed by atoms with van der Waals surface area (Å²) in [5.74, 6) is -2.03. The standard InChI is InChI=1S/C21H20N2O6/c1-13-8-9-17(11-18(13)23(27)28)22-12-16(10-19(22)24)21(26)29-14(2)20(25)15-6-4-3-5-7-15/h3-9,11,14,16H,10,12H2,1-2H3/t14-,16+/m0/s1. The largest absolute Gasteiger partial charge is 0.454 e. The number of Topliss-reactive ketones (excluding diaryl/α,β-unsaturated/α-hetero) is 1. The Hall–Kier alpha value is -3.55. The number of anilines is 1. The lowest BCUT2D eigenvalue weighted by Gasteiger charge is -2.18. The van der Waals surface area contributed by atoms with Crippen LogP contribution in [0.3, 0.4) is 0 Å². The minimum absolute atomic E-state index is 0.0458. The van der Waals surface area contributed by atoms with Gasteiger partial charge in [-0.2, -0.15) is 0 Å². The van der Waals surface area contributed by atoms with Gasteiger partial charge in [-0.1, -0.05) is 36.4 Å². The number of benzene rings is 2. The predicted octanol–water partition coefficient (Wildman–Crippen LogP) is 3.07. The molecule has 0 aromatic heterocycles. The number of ether oxygens (including phenoxy) is 1. The molecule has 1 amide bonds. The molecule has 0 spiro atoms. The smallest absolute Gasteiger partial charge is 0.312 e. The highest BCUT2D eigenvalue weighted by Crippen LogP contribution is 2.30. The van der Waals surface area contributed by atoms with Gasteiger partial charge in [-0.05, 0) is 19.9 Å². The molecule has 1 fully saturated rings. The molecule has 0 bridgehead atoms. The maximum absolute atomic E-state index is 12.5. The van der Waals surface area contributed by atoms with Crippen LogP contribution < -0.4 is 4.90 Å². The third-order valence-corrected chi connectivity index (χ3v) is 4.88. The molecule has 150 valence electrons. The summed E-state index contributed by atoms with van der Waals surface area (Å²) in [5.41, 5.74) is 1.18. The number of carbonyl (C=O) groups excluding carboxylic acids is 3. The van der Waals surface area contributed by atoms with Gasteiger partial charge < -0.3 is 9.64 Å². The van der Waals surface area contributed by atoms with E-state index in [9.17, 15) is 24.5 Å². The Morgan fingerprint density at radius 2 is 1.90 bits per heavy atom. The SMILES string of the molecule is Cc1ccc(N2C[C@H](C(=O)O[C@@H](C)C(=O)c3ccccc3)CC2=O)cc1[N+](=O)[O-]. The zero-order valence-electron chi connectivity index (χ0n) is 16.0. The van der Waals surface area contributed by atoms with Crippen LogP contribution in [0.15, 0.2) is 48.5 Å². The number of carbonyl (C=O) groups is 3. The predicted molar refractivity (Wildman–Crippen MR) is 105 cm³/mol. The third kappa shape index (κ3) is 4.31. The lowest BCUT2D eigenvalue weighted by molar-refractivity contribution is -0.385. The lowest BCUT2D eigenvalue weighted by atomic mass is 10.1. The number of esters is 1. The number of nitrogens with zero attached hydrogens (tertiary/aromatic N) is 2. The lowest BCUT2D eigenvalue weighted by Crippen LogP contribution is -2.30. The van der Waals surface area contributed by atoms with Crippen molar-refractivity contribution in [1.82, 2.24) is 0 Å². The van der Waals surface area contributed by atoms with Crippen molar-refractivity contribution in [3.05, 3.63) is 69.8 Å². The number of amides is 1. The first-order valence-corrected chi connectivity index (χ1v) is 9.13. The summed E-state index contributed by atoms with van der Waals surface area (Å²) in [6.07, 6.45) is -1.05. The highest BCUT2D eigenvalue weighted by atomic mass is 16.6. The molecule has 0 unspecified atom stereocenters. The normalized spacial score (nSPS) is 17.1. The molecule has 1 aliphatic rings. The summed E-state index contributed by atoms with van der Waals surface area (Å²) in [4.78, 5) is 49.2. The molecular formula is C21H20N2O6. The molecule has 8 heteroatoms. The van der Waals surface area contributed by atoms with Gasteiger partial charge in [0, 0.05) is 30.2 Å². The van der Waals surface area contributed by atoms with E-state index in [0.29, 0.717) is 16.8 Å². The van der Waals surface area contributed by atoms with Crippen LogP contribution in [0, 0.1) is 23.0 Å². The zero-order valence-corrected chi connectivity index (χ0v) is 16.0. The molecule has 1 aliphatic heterocycles. The number of nitro groups is 1. The maximum atomic E-state index is 12.5. The number of ketones is 1. The highest BCUT2D eigenvalue weighted by molar-refractivity contribution is 6.02. The molecule has 0 aliphatic carbocycles. The van der Waals surface area contributed by atoms with E-state index in [4.69, 9.17) is 4.74 Å². The van der Waals surface area contributed by atoms with E-state index in [2.05, 4.69) is 0 Å². The Morgan fingerprint density at radius 1 is 1.21 bits per heavy atom. The second-order valence-electron chi connectivity index (χ2n) is 6.94. The van der Waals surface area contributed by atoms with E-state index in [1.807, 2.05) is 0 Å². The van der Waals surface area contributed by atoms with Crippen LogP contribution in [0.2, 0.25) is 0 Å². The summed E-state index contributed by atoms with van der Waals surface area (Å²) in [7, 11) is 0. The first-order valence-electron chi connectivity index (χ1n) is 9.13. The summed E-state index contributed by atoms with van der Waals surface area (Å²) < 4.78 is 5.29. The molecule has 0 radical (unpaired) electrons. The number of nitro benzene ring substituents is 1. The van der Waals surface area contributed by atoms with Gasteiger partial charge in [-0.3, -0.25) is 24.5 Å². The molecule has 1 saturated heterocycles. The number of rotatable bonds is 6. The van der Waals surface area contributed by atoms with Crippen LogP contribution in [0.5, 0.6) is 0 Å². The first kappa shape index (κ1) is 20.2. The molecule has 3 rings (SSSR count). The van der Waals surface area contributed by atoms with Gasteiger partial charge in [0.2, 0.25) is 11.7 Å². The Kier molecular flexibility index (Phi) is 5.72. The van der Waals surface area contributed by atoms with Crippen LogP contribution in [-0.2, 0) is 14.3 Å². The molecular weight excluding hydrogens is 376 g/mol. The van der Waals surface area contributed by atoms with Crippen molar-refractivity contribution in [2.24, 2.45) is 5.92 Å². The van der Waals surface area contributed by atoms with Gasteiger partial charge in [0.05, 0.1) is 16.5 Å². The Labute approximate surface area is 167 Å². The average molecular weight is 396 g/mol. The van der Waals surface area contributed by atoms with E-state index in [1.54, 1.807) is 49.4 Å². The Bertz CT molecular complexity index is 972. The summed E-state index contributed by atoms with van der Waals surface area (Å²) >= 11 is 0. The van der Waals surface area contributed by atoms with Crippen LogP contribution in [-0.4, -0.2) is 35.2 Å². The fourth-order valence-corrected chi connectivity index (χ4v) is 3.24. The number of hydrogen-bond acceptors (Lipinski definition) is 6. The van der Waals surface area contributed by atoms with Crippen molar-refractivity contribution in [1.29, 1.82) is 0 Å². The van der Waals surface area contributed by atoms with E-state index in [-0.39, 0.29) is 30.3 Å². The van der Waals surface area contributed by atoms with Crippen molar-refractivity contribution in [2.75, 3.05) is 11.4 Å². The topological polar surface area (TPSA) is 107 Å². The third-order valence-electron chi connectivity index (χ3n) is 4.88. The highest BCUT2D eigenvalue weighted by Gasteiger charge is 2.38.